The van der Waals surface area contributed by atoms with Crippen molar-refractivity contribution in [1.29, 1.82) is 0 Å². The highest BCUT2D eigenvalue weighted by Gasteiger charge is 2.13. The summed E-state index contributed by atoms with van der Waals surface area (Å²) in [6, 6.07) is 19.8. The van der Waals surface area contributed by atoms with Crippen LogP contribution in [0.2, 0.25) is 0 Å². The molecule has 0 amide bonds. The first-order chi connectivity index (χ1) is 7.36. The van der Waals surface area contributed by atoms with Crippen LogP contribution in [0.25, 0.3) is 0 Å². The van der Waals surface area contributed by atoms with Crippen molar-refractivity contribution in [2.75, 3.05) is 0 Å². The standard InChI is InChI=1S/C13H13BO/c15-14(13-9-5-2-6-10-13)11-12-7-3-1-4-8-12/h1-10,15H,11H2. The van der Waals surface area contributed by atoms with E-state index in [0.717, 1.165) is 11.0 Å². The minimum atomic E-state index is -0.409. The van der Waals surface area contributed by atoms with Crippen molar-refractivity contribution in [3.05, 3.63) is 66.2 Å². The van der Waals surface area contributed by atoms with E-state index < -0.39 is 6.92 Å². The van der Waals surface area contributed by atoms with Gasteiger partial charge in [0.1, 0.15) is 0 Å². The van der Waals surface area contributed by atoms with Crippen molar-refractivity contribution < 1.29 is 5.02 Å². The second-order valence-corrected chi connectivity index (χ2v) is 3.62. The smallest absolute Gasteiger partial charge is 0.328 e. The summed E-state index contributed by atoms with van der Waals surface area (Å²) in [5.41, 5.74) is 2.13. The third-order valence-electron chi connectivity index (χ3n) is 2.46. The lowest BCUT2D eigenvalue weighted by atomic mass is 9.57. The first-order valence-electron chi connectivity index (χ1n) is 5.13. The van der Waals surface area contributed by atoms with Crippen molar-refractivity contribution in [3.63, 3.8) is 0 Å². The maximum atomic E-state index is 9.97. The molecule has 0 aliphatic rings. The Morgan fingerprint density at radius 1 is 0.800 bits per heavy atom. The van der Waals surface area contributed by atoms with E-state index in [1.807, 2.05) is 60.7 Å². The number of hydrogen-bond acceptors (Lipinski definition) is 1. The molecule has 0 bridgehead atoms. The van der Waals surface area contributed by atoms with Crippen LogP contribution in [0.3, 0.4) is 0 Å². The number of hydrogen-bond donors (Lipinski definition) is 1. The third-order valence-corrected chi connectivity index (χ3v) is 2.46. The topological polar surface area (TPSA) is 20.2 Å². The molecule has 2 rings (SSSR count). The van der Waals surface area contributed by atoms with E-state index in [9.17, 15) is 5.02 Å². The summed E-state index contributed by atoms with van der Waals surface area (Å²) in [5.74, 6) is 0. The molecule has 2 heteroatoms. The Balaban J connectivity index is 2.08. The molecule has 0 aromatic heterocycles. The summed E-state index contributed by atoms with van der Waals surface area (Å²) >= 11 is 0. The lowest BCUT2D eigenvalue weighted by molar-refractivity contribution is 0.584. The van der Waals surface area contributed by atoms with Crippen LogP contribution >= 0.6 is 0 Å². The minimum Gasteiger partial charge on any atom is -0.446 e. The summed E-state index contributed by atoms with van der Waals surface area (Å²) in [6.45, 7) is -0.409. The molecule has 1 N–H and O–H groups in total. The van der Waals surface area contributed by atoms with Crippen LogP contribution in [0, 0.1) is 0 Å². The fraction of sp³-hybridized carbons (Fsp3) is 0.0769. The minimum absolute atomic E-state index is 0.409. The number of rotatable bonds is 3. The Labute approximate surface area is 90.5 Å². The van der Waals surface area contributed by atoms with Gasteiger partial charge in [-0.2, -0.15) is 0 Å². The summed E-state index contributed by atoms with van der Waals surface area (Å²) in [7, 11) is 0. The van der Waals surface area contributed by atoms with E-state index in [2.05, 4.69) is 0 Å². The predicted molar refractivity (Wildman–Crippen MR) is 64.2 cm³/mol. The van der Waals surface area contributed by atoms with Crippen LogP contribution < -0.4 is 5.46 Å². The van der Waals surface area contributed by atoms with Gasteiger partial charge in [-0.15, -0.1) is 0 Å². The van der Waals surface area contributed by atoms with Crippen LogP contribution in [-0.4, -0.2) is 11.9 Å². The van der Waals surface area contributed by atoms with Gasteiger partial charge in [-0.25, -0.2) is 0 Å². The lowest BCUT2D eigenvalue weighted by Gasteiger charge is -2.06. The molecule has 0 unspecified atom stereocenters. The maximum Gasteiger partial charge on any atom is 0.328 e. The molecular formula is C13H13BO. The predicted octanol–water partition coefficient (Wildman–Crippen LogP) is 1.66. The Bertz CT molecular complexity index is 399. The quantitative estimate of drug-likeness (QED) is 0.740. The molecule has 0 saturated heterocycles. The van der Waals surface area contributed by atoms with Gasteiger partial charge in [-0.3, -0.25) is 0 Å². The van der Waals surface area contributed by atoms with E-state index in [1.165, 1.54) is 0 Å². The van der Waals surface area contributed by atoms with Crippen molar-refractivity contribution in [1.82, 2.24) is 0 Å². The molecule has 0 fully saturated rings. The van der Waals surface area contributed by atoms with Gasteiger partial charge >= 0.3 is 6.92 Å². The molecule has 2 aromatic carbocycles. The monoisotopic (exact) mass is 196 g/mol. The van der Waals surface area contributed by atoms with Gasteiger partial charge in [-0.1, -0.05) is 66.2 Å². The molecule has 0 atom stereocenters. The highest BCUT2D eigenvalue weighted by atomic mass is 16.2. The van der Waals surface area contributed by atoms with E-state index >= 15 is 0 Å². The molecule has 15 heavy (non-hydrogen) atoms. The molecule has 0 heterocycles. The molecular weight excluding hydrogens is 183 g/mol. The molecule has 74 valence electrons. The molecule has 0 spiro atoms. The van der Waals surface area contributed by atoms with Gasteiger partial charge in [-0.05, 0) is 11.8 Å². The number of benzene rings is 2. The average Bonchev–Trinajstić information content (AvgIpc) is 2.31. The van der Waals surface area contributed by atoms with Crippen molar-refractivity contribution in [2.45, 2.75) is 6.32 Å². The van der Waals surface area contributed by atoms with E-state index in [-0.39, 0.29) is 0 Å². The Morgan fingerprint density at radius 2 is 1.33 bits per heavy atom. The van der Waals surface area contributed by atoms with E-state index in [1.54, 1.807) is 0 Å². The Hall–Kier alpha value is -1.54. The van der Waals surface area contributed by atoms with Gasteiger partial charge in [0.05, 0.1) is 0 Å². The molecule has 1 nitrogen and oxygen atoms in total. The molecule has 2 aromatic rings. The zero-order valence-electron chi connectivity index (χ0n) is 8.51. The van der Waals surface area contributed by atoms with Gasteiger partial charge in [0.25, 0.3) is 0 Å². The van der Waals surface area contributed by atoms with Gasteiger partial charge in [0, 0.05) is 0 Å². The van der Waals surface area contributed by atoms with Gasteiger partial charge in [0.15, 0.2) is 0 Å². The molecule has 0 saturated carbocycles. The zero-order valence-corrected chi connectivity index (χ0v) is 8.51. The van der Waals surface area contributed by atoms with Crippen molar-refractivity contribution >= 4 is 12.4 Å². The largest absolute Gasteiger partial charge is 0.446 e. The van der Waals surface area contributed by atoms with Crippen LogP contribution in [0.1, 0.15) is 5.56 Å². The summed E-state index contributed by atoms with van der Waals surface area (Å²) < 4.78 is 0. The Morgan fingerprint density at radius 3 is 1.93 bits per heavy atom. The van der Waals surface area contributed by atoms with Gasteiger partial charge < -0.3 is 5.02 Å². The average molecular weight is 196 g/mol. The summed E-state index contributed by atoms with van der Waals surface area (Å²) in [5, 5.41) is 9.97. The normalized spacial score (nSPS) is 9.93. The maximum absolute atomic E-state index is 9.97. The van der Waals surface area contributed by atoms with Crippen LogP contribution in [0.15, 0.2) is 60.7 Å². The van der Waals surface area contributed by atoms with E-state index in [4.69, 9.17) is 0 Å². The van der Waals surface area contributed by atoms with Gasteiger partial charge in [0.2, 0.25) is 0 Å². The second-order valence-electron chi connectivity index (χ2n) is 3.62. The lowest BCUT2D eigenvalue weighted by Crippen LogP contribution is -2.32. The van der Waals surface area contributed by atoms with Crippen LogP contribution in [-0.2, 0) is 6.32 Å². The highest BCUT2D eigenvalue weighted by Crippen LogP contribution is 2.01. The first-order valence-corrected chi connectivity index (χ1v) is 5.13. The summed E-state index contributed by atoms with van der Waals surface area (Å²) in [6.07, 6.45) is 0.671. The summed E-state index contributed by atoms with van der Waals surface area (Å²) in [4.78, 5) is 0. The fourth-order valence-corrected chi connectivity index (χ4v) is 1.63. The SMILES string of the molecule is OB(Cc1ccccc1)c1ccccc1. The highest BCUT2D eigenvalue weighted by molar-refractivity contribution is 6.65. The first kappa shape index (κ1) is 10.00. The van der Waals surface area contributed by atoms with Crippen LogP contribution in [0.5, 0.6) is 0 Å². The molecule has 0 radical (unpaired) electrons. The molecule has 0 aliphatic carbocycles. The van der Waals surface area contributed by atoms with E-state index in [0.29, 0.717) is 6.32 Å². The third kappa shape index (κ3) is 2.70. The Kier molecular flexibility index (Phi) is 3.20. The second kappa shape index (κ2) is 4.81. The fourth-order valence-electron chi connectivity index (χ4n) is 1.63. The van der Waals surface area contributed by atoms with Crippen molar-refractivity contribution in [3.8, 4) is 0 Å². The van der Waals surface area contributed by atoms with Crippen molar-refractivity contribution in [2.24, 2.45) is 0 Å². The van der Waals surface area contributed by atoms with Crippen LogP contribution in [0.4, 0.5) is 0 Å². The zero-order chi connectivity index (χ0) is 10.5. The molecule has 0 aliphatic heterocycles.